The van der Waals surface area contributed by atoms with E-state index in [1.807, 2.05) is 6.07 Å². The Bertz CT molecular complexity index is 1240. The number of fused-ring (bicyclic) bond motifs is 1. The predicted octanol–water partition coefficient (Wildman–Crippen LogP) is 3.34. The summed E-state index contributed by atoms with van der Waals surface area (Å²) in [7, 11) is 0. The van der Waals surface area contributed by atoms with Crippen molar-refractivity contribution in [3.05, 3.63) is 53.7 Å². The molecule has 1 saturated heterocycles. The highest BCUT2D eigenvalue weighted by Gasteiger charge is 2.22. The number of nitrogens with zero attached hydrogens (tertiary/aromatic N) is 7. The van der Waals surface area contributed by atoms with Crippen LogP contribution in [0.2, 0.25) is 0 Å². The second kappa shape index (κ2) is 7.68. The number of halogens is 1. The summed E-state index contributed by atoms with van der Waals surface area (Å²) >= 11 is 1.41. The fourth-order valence-corrected chi connectivity index (χ4v) is 4.37. The summed E-state index contributed by atoms with van der Waals surface area (Å²) in [5, 5.41) is 13.4. The van der Waals surface area contributed by atoms with Gasteiger partial charge in [0.1, 0.15) is 33.9 Å². The topological polar surface area (TPSA) is 95.0 Å². The average Bonchev–Trinajstić information content (AvgIpc) is 3.41. The van der Waals surface area contributed by atoms with Gasteiger partial charge in [0.2, 0.25) is 0 Å². The van der Waals surface area contributed by atoms with Gasteiger partial charge >= 0.3 is 0 Å². The van der Waals surface area contributed by atoms with E-state index in [4.69, 9.17) is 5.26 Å². The number of piperidine rings is 1. The van der Waals surface area contributed by atoms with Crippen molar-refractivity contribution >= 4 is 27.9 Å². The summed E-state index contributed by atoms with van der Waals surface area (Å²) in [6.07, 6.45) is 8.35. The molecule has 1 fully saturated rings. The number of anilines is 2. The molecule has 30 heavy (non-hydrogen) atoms. The molecule has 0 bridgehead atoms. The number of pyridine rings is 1. The lowest BCUT2D eigenvalue weighted by molar-refractivity contribution is 0.528. The molecule has 5 heterocycles. The smallest absolute Gasteiger partial charge is 0.186 e. The number of hydrogen-bond donors (Lipinski definition) is 1. The highest BCUT2D eigenvalue weighted by Crippen LogP contribution is 2.26. The van der Waals surface area contributed by atoms with E-state index in [9.17, 15) is 4.39 Å². The van der Waals surface area contributed by atoms with E-state index >= 15 is 0 Å². The maximum atomic E-state index is 13.7. The third-order valence-corrected chi connectivity index (χ3v) is 5.96. The molecule has 0 aromatic carbocycles. The Labute approximate surface area is 175 Å². The minimum atomic E-state index is -0.347. The van der Waals surface area contributed by atoms with Crippen LogP contribution in [0.5, 0.6) is 0 Å². The molecule has 5 rings (SSSR count). The SMILES string of the molecule is N#Cc1cnc(N2CCCC(Nc3ccnc(-c4cnc5ccc(F)cn45)n3)C2)s1. The van der Waals surface area contributed by atoms with E-state index in [1.54, 1.807) is 29.1 Å². The minimum absolute atomic E-state index is 0.190. The van der Waals surface area contributed by atoms with Crippen molar-refractivity contribution in [1.82, 2.24) is 24.3 Å². The van der Waals surface area contributed by atoms with Crippen LogP contribution in [0, 0.1) is 17.1 Å². The van der Waals surface area contributed by atoms with Gasteiger partial charge in [-0.1, -0.05) is 11.3 Å². The van der Waals surface area contributed by atoms with Gasteiger partial charge in [-0.2, -0.15) is 5.26 Å². The molecule has 8 nitrogen and oxygen atoms in total. The van der Waals surface area contributed by atoms with E-state index in [0.29, 0.717) is 27.9 Å². The van der Waals surface area contributed by atoms with Crippen molar-refractivity contribution in [2.24, 2.45) is 0 Å². The van der Waals surface area contributed by atoms with Gasteiger partial charge in [0.25, 0.3) is 0 Å². The average molecular weight is 420 g/mol. The Balaban J connectivity index is 1.35. The third kappa shape index (κ3) is 3.55. The van der Waals surface area contributed by atoms with Gasteiger partial charge in [-0.3, -0.25) is 4.40 Å². The molecule has 1 aliphatic rings. The Morgan fingerprint density at radius 1 is 1.20 bits per heavy atom. The van der Waals surface area contributed by atoms with Crippen LogP contribution < -0.4 is 10.2 Å². The molecule has 4 aromatic rings. The van der Waals surface area contributed by atoms with Crippen LogP contribution in [0.4, 0.5) is 15.3 Å². The van der Waals surface area contributed by atoms with E-state index in [2.05, 4.69) is 36.2 Å². The van der Waals surface area contributed by atoms with Gasteiger partial charge in [0.05, 0.1) is 12.4 Å². The largest absolute Gasteiger partial charge is 0.365 e. The summed E-state index contributed by atoms with van der Waals surface area (Å²) < 4.78 is 15.3. The second-order valence-corrected chi connectivity index (χ2v) is 8.04. The minimum Gasteiger partial charge on any atom is -0.365 e. The van der Waals surface area contributed by atoms with Crippen LogP contribution in [-0.2, 0) is 0 Å². The lowest BCUT2D eigenvalue weighted by atomic mass is 10.1. The molecule has 1 atom stereocenters. The molecule has 0 spiro atoms. The zero-order chi connectivity index (χ0) is 20.5. The monoisotopic (exact) mass is 420 g/mol. The number of nitrogens with one attached hydrogen (secondary N) is 1. The normalized spacial score (nSPS) is 16.5. The molecule has 1 N–H and O–H groups in total. The molecule has 1 aliphatic heterocycles. The van der Waals surface area contributed by atoms with E-state index in [-0.39, 0.29) is 11.9 Å². The van der Waals surface area contributed by atoms with Gasteiger partial charge in [-0.05, 0) is 31.0 Å². The first-order chi connectivity index (χ1) is 14.7. The molecule has 10 heteroatoms. The van der Waals surface area contributed by atoms with Crippen molar-refractivity contribution < 1.29 is 4.39 Å². The Kier molecular flexibility index (Phi) is 4.72. The molecule has 0 amide bonds. The molecule has 4 aromatic heterocycles. The number of rotatable bonds is 4. The summed E-state index contributed by atoms with van der Waals surface area (Å²) in [5.41, 5.74) is 1.27. The predicted molar refractivity (Wildman–Crippen MR) is 112 cm³/mol. The standard InChI is InChI=1S/C20H17FN8S/c21-13-3-4-18-24-10-16(29(18)11-13)19-23-6-5-17(27-19)26-14-2-1-7-28(12-14)20-25-9-15(8-22)30-20/h3-6,9-11,14H,1-2,7,12H2,(H,23,26,27). The van der Waals surface area contributed by atoms with Gasteiger partial charge in [-0.15, -0.1) is 0 Å². The number of aromatic nitrogens is 5. The van der Waals surface area contributed by atoms with Gasteiger partial charge < -0.3 is 10.2 Å². The van der Waals surface area contributed by atoms with E-state index < -0.39 is 0 Å². The fraction of sp³-hybridized carbons (Fsp3) is 0.250. The molecule has 0 radical (unpaired) electrons. The number of imidazole rings is 1. The first-order valence-corrected chi connectivity index (χ1v) is 10.3. The first kappa shape index (κ1) is 18.4. The molecular formula is C20H17FN8S. The summed E-state index contributed by atoms with van der Waals surface area (Å²) in [4.78, 5) is 20.4. The number of nitriles is 1. The highest BCUT2D eigenvalue weighted by atomic mass is 32.1. The molecule has 0 aliphatic carbocycles. The third-order valence-electron chi connectivity index (χ3n) is 5.00. The van der Waals surface area contributed by atoms with Crippen molar-refractivity contribution in [3.63, 3.8) is 0 Å². The van der Waals surface area contributed by atoms with Crippen LogP contribution in [0.3, 0.4) is 0 Å². The first-order valence-electron chi connectivity index (χ1n) is 9.53. The lowest BCUT2D eigenvalue weighted by Gasteiger charge is -2.33. The zero-order valence-electron chi connectivity index (χ0n) is 15.9. The van der Waals surface area contributed by atoms with E-state index in [1.165, 1.54) is 23.6 Å². The maximum absolute atomic E-state index is 13.7. The molecular weight excluding hydrogens is 403 g/mol. The summed E-state index contributed by atoms with van der Waals surface area (Å²) in [6.45, 7) is 1.69. The van der Waals surface area contributed by atoms with Crippen molar-refractivity contribution in [1.29, 1.82) is 5.26 Å². The molecule has 1 unspecified atom stereocenters. The van der Waals surface area contributed by atoms with Crippen LogP contribution in [0.1, 0.15) is 17.7 Å². The van der Waals surface area contributed by atoms with Crippen molar-refractivity contribution in [2.45, 2.75) is 18.9 Å². The lowest BCUT2D eigenvalue weighted by Crippen LogP contribution is -2.42. The Hall–Kier alpha value is -3.58. The van der Waals surface area contributed by atoms with E-state index in [0.717, 1.165) is 31.1 Å². The van der Waals surface area contributed by atoms with Crippen LogP contribution in [-0.4, -0.2) is 43.5 Å². The van der Waals surface area contributed by atoms with Crippen molar-refractivity contribution in [3.8, 4) is 17.6 Å². The van der Waals surface area contributed by atoms with Gasteiger partial charge in [-0.25, -0.2) is 24.3 Å². The van der Waals surface area contributed by atoms with Crippen LogP contribution >= 0.6 is 11.3 Å². The summed E-state index contributed by atoms with van der Waals surface area (Å²) in [6, 6.07) is 7.15. The zero-order valence-corrected chi connectivity index (χ0v) is 16.7. The Morgan fingerprint density at radius 3 is 3.00 bits per heavy atom. The Morgan fingerprint density at radius 2 is 2.13 bits per heavy atom. The maximum Gasteiger partial charge on any atom is 0.186 e. The van der Waals surface area contributed by atoms with Gasteiger partial charge in [0, 0.05) is 31.5 Å². The molecule has 150 valence electrons. The van der Waals surface area contributed by atoms with Crippen LogP contribution in [0.25, 0.3) is 17.2 Å². The summed E-state index contributed by atoms with van der Waals surface area (Å²) in [5.74, 6) is 0.833. The van der Waals surface area contributed by atoms with Gasteiger partial charge in [0.15, 0.2) is 11.0 Å². The fourth-order valence-electron chi connectivity index (χ4n) is 3.62. The highest BCUT2D eigenvalue weighted by molar-refractivity contribution is 7.16. The van der Waals surface area contributed by atoms with Crippen LogP contribution in [0.15, 0.2) is 43.0 Å². The second-order valence-electron chi connectivity index (χ2n) is 7.03. The molecule has 0 saturated carbocycles. The van der Waals surface area contributed by atoms with Crippen molar-refractivity contribution in [2.75, 3.05) is 23.3 Å². The number of thiazole rings is 1. The number of hydrogen-bond acceptors (Lipinski definition) is 8. The quantitative estimate of drug-likeness (QED) is 0.541.